The lowest BCUT2D eigenvalue weighted by atomic mass is 9.74. The van der Waals surface area contributed by atoms with E-state index < -0.39 is 5.41 Å². The van der Waals surface area contributed by atoms with Crippen LogP contribution in [0.5, 0.6) is 0 Å². The number of nitrogens with zero attached hydrogens (tertiary/aromatic N) is 10. The number of piperidine rings is 2. The standard InChI is InChI=1S/C43H46N10O4/c1-2-57-39(55)43(28-31-29-53(49-48-31)42-46-40(51-19-8-3-9-20-51)45-41(47-42)52-23-25-56-26-24-52)17-21-50(22-18-43)38(54)35-27-37(44-36-16-7-6-14-34(35)36)33-15-10-12-30-11-4-5-13-32(30)33/h4-7,10-16,27,29H,2-3,8-9,17-26,28H2,1H3. The second-order valence-corrected chi connectivity index (χ2v) is 15.1. The molecule has 6 aromatic rings. The van der Waals surface area contributed by atoms with E-state index in [9.17, 15) is 9.59 Å². The highest BCUT2D eigenvalue weighted by Gasteiger charge is 2.44. The van der Waals surface area contributed by atoms with Crippen LogP contribution >= 0.6 is 0 Å². The Balaban J connectivity index is 0.979. The molecule has 0 saturated carbocycles. The van der Waals surface area contributed by atoms with Gasteiger partial charge in [-0.3, -0.25) is 9.59 Å². The number of hydrogen-bond donors (Lipinski definition) is 0. The number of fused-ring (bicyclic) bond motifs is 2. The van der Waals surface area contributed by atoms with Gasteiger partial charge < -0.3 is 24.2 Å². The summed E-state index contributed by atoms with van der Waals surface area (Å²) in [7, 11) is 0. The Morgan fingerprint density at radius 1 is 0.754 bits per heavy atom. The van der Waals surface area contributed by atoms with Crippen LogP contribution in [0.25, 0.3) is 38.9 Å². The maximum Gasteiger partial charge on any atom is 0.312 e. The number of carbonyl (C=O) groups excluding carboxylic acids is 2. The number of esters is 1. The van der Waals surface area contributed by atoms with Crippen molar-refractivity contribution in [2.75, 3.05) is 68.9 Å². The molecule has 6 heterocycles. The molecule has 0 bridgehead atoms. The van der Waals surface area contributed by atoms with Crippen LogP contribution in [0.15, 0.2) is 79.0 Å². The Bertz CT molecular complexity index is 2370. The highest BCUT2D eigenvalue weighted by molar-refractivity contribution is 6.08. The van der Waals surface area contributed by atoms with E-state index in [1.165, 1.54) is 6.42 Å². The molecule has 9 rings (SSSR count). The van der Waals surface area contributed by atoms with E-state index in [1.54, 1.807) is 10.9 Å². The van der Waals surface area contributed by atoms with Crippen molar-refractivity contribution in [3.05, 3.63) is 90.3 Å². The topological polar surface area (TPSA) is 145 Å². The van der Waals surface area contributed by atoms with Gasteiger partial charge in [0, 0.05) is 56.6 Å². The first-order valence-corrected chi connectivity index (χ1v) is 20.1. The molecule has 3 aliphatic heterocycles. The fourth-order valence-corrected chi connectivity index (χ4v) is 8.39. The Hall–Kier alpha value is -6.02. The Labute approximate surface area is 330 Å². The molecular weight excluding hydrogens is 721 g/mol. The first-order valence-electron chi connectivity index (χ1n) is 20.1. The lowest BCUT2D eigenvalue weighted by Gasteiger charge is -2.39. The van der Waals surface area contributed by atoms with Gasteiger partial charge in [-0.1, -0.05) is 65.9 Å². The number of carbonyl (C=O) groups is 2. The van der Waals surface area contributed by atoms with Crippen LogP contribution in [0.1, 0.15) is 55.1 Å². The van der Waals surface area contributed by atoms with Crippen molar-refractivity contribution in [2.24, 2.45) is 5.41 Å². The van der Waals surface area contributed by atoms with Gasteiger partial charge in [0.25, 0.3) is 11.9 Å². The highest BCUT2D eigenvalue weighted by atomic mass is 16.5. The number of ether oxygens (including phenoxy) is 2. The highest BCUT2D eigenvalue weighted by Crippen LogP contribution is 2.38. The summed E-state index contributed by atoms with van der Waals surface area (Å²) in [5, 5.41) is 12.0. The van der Waals surface area contributed by atoms with Crippen LogP contribution in [0.4, 0.5) is 11.9 Å². The van der Waals surface area contributed by atoms with E-state index in [-0.39, 0.29) is 18.5 Å². The maximum atomic E-state index is 14.5. The summed E-state index contributed by atoms with van der Waals surface area (Å²) >= 11 is 0. The Morgan fingerprint density at radius 3 is 2.21 bits per heavy atom. The number of anilines is 2. The summed E-state index contributed by atoms with van der Waals surface area (Å²) in [5.41, 5.74) is 2.79. The maximum absolute atomic E-state index is 14.5. The molecule has 14 heteroatoms. The molecule has 3 aromatic carbocycles. The second kappa shape index (κ2) is 15.8. The SMILES string of the molecule is CCOC(=O)C1(Cc2cn(-c3nc(N4CCCCC4)nc(N4CCOCC4)n3)nn2)CCN(C(=O)c2cc(-c3cccc4ccccc34)nc3ccccc23)CC1. The molecule has 0 radical (unpaired) electrons. The monoisotopic (exact) mass is 766 g/mol. The fraction of sp³-hybridized carbons (Fsp3) is 0.395. The van der Waals surface area contributed by atoms with E-state index >= 15 is 0 Å². The van der Waals surface area contributed by atoms with Gasteiger partial charge in [0.05, 0.1) is 53.9 Å². The van der Waals surface area contributed by atoms with Gasteiger partial charge in [0.2, 0.25) is 11.9 Å². The zero-order valence-corrected chi connectivity index (χ0v) is 32.2. The minimum Gasteiger partial charge on any atom is -0.466 e. The first-order chi connectivity index (χ1) is 28.0. The Morgan fingerprint density at radius 2 is 1.44 bits per heavy atom. The molecule has 0 N–H and O–H groups in total. The number of hydrogen-bond acceptors (Lipinski definition) is 12. The van der Waals surface area contributed by atoms with Crippen LogP contribution < -0.4 is 9.80 Å². The van der Waals surface area contributed by atoms with Crippen LogP contribution in [0.3, 0.4) is 0 Å². The molecule has 0 unspecified atom stereocenters. The van der Waals surface area contributed by atoms with Crippen molar-refractivity contribution in [3.8, 4) is 17.2 Å². The molecule has 57 heavy (non-hydrogen) atoms. The third kappa shape index (κ3) is 7.37. The van der Waals surface area contributed by atoms with Crippen molar-refractivity contribution < 1.29 is 19.1 Å². The molecule has 3 fully saturated rings. The van der Waals surface area contributed by atoms with E-state index in [4.69, 9.17) is 29.4 Å². The number of amides is 1. The molecule has 292 valence electrons. The molecule has 14 nitrogen and oxygen atoms in total. The quantitative estimate of drug-likeness (QED) is 0.167. The van der Waals surface area contributed by atoms with Gasteiger partial charge >= 0.3 is 5.97 Å². The predicted molar refractivity (Wildman–Crippen MR) is 216 cm³/mol. The number of rotatable bonds is 9. The molecule has 0 spiro atoms. The first kappa shape index (κ1) is 36.6. The number of para-hydroxylation sites is 1. The smallest absolute Gasteiger partial charge is 0.312 e. The van der Waals surface area contributed by atoms with Crippen molar-refractivity contribution in [2.45, 2.75) is 45.4 Å². The van der Waals surface area contributed by atoms with Gasteiger partial charge in [-0.2, -0.15) is 19.6 Å². The lowest BCUT2D eigenvalue weighted by molar-refractivity contribution is -0.158. The summed E-state index contributed by atoms with van der Waals surface area (Å²) in [6.45, 7) is 7.20. The normalized spacial score (nSPS) is 17.2. The van der Waals surface area contributed by atoms with Gasteiger partial charge in [-0.25, -0.2) is 4.98 Å². The summed E-state index contributed by atoms with van der Waals surface area (Å²) in [6, 6.07) is 24.0. The summed E-state index contributed by atoms with van der Waals surface area (Å²) in [5.74, 6) is 1.22. The second-order valence-electron chi connectivity index (χ2n) is 15.1. The van der Waals surface area contributed by atoms with Crippen LogP contribution in [0.2, 0.25) is 0 Å². The minimum atomic E-state index is -0.890. The number of benzene rings is 3. The van der Waals surface area contributed by atoms with Crippen LogP contribution in [-0.4, -0.2) is 111 Å². The molecule has 3 saturated heterocycles. The lowest BCUT2D eigenvalue weighted by Crippen LogP contribution is -2.48. The number of pyridine rings is 1. The summed E-state index contributed by atoms with van der Waals surface area (Å²) < 4.78 is 12.9. The fourth-order valence-electron chi connectivity index (χ4n) is 8.39. The average Bonchev–Trinajstić information content (AvgIpc) is 3.74. The molecule has 3 aromatic heterocycles. The van der Waals surface area contributed by atoms with E-state index in [0.29, 0.717) is 87.8 Å². The van der Waals surface area contributed by atoms with Gasteiger partial charge in [-0.05, 0) is 61.9 Å². The van der Waals surface area contributed by atoms with Crippen molar-refractivity contribution in [3.63, 3.8) is 0 Å². The Kier molecular flexibility index (Phi) is 10.2. The molecular formula is C43H46N10O4. The molecule has 0 aliphatic carbocycles. The summed E-state index contributed by atoms with van der Waals surface area (Å²) in [6.07, 6.45) is 6.30. The van der Waals surface area contributed by atoms with Gasteiger partial charge in [0.15, 0.2) is 0 Å². The van der Waals surface area contributed by atoms with Crippen molar-refractivity contribution >= 4 is 45.4 Å². The summed E-state index contributed by atoms with van der Waals surface area (Å²) in [4.78, 5) is 54.0. The molecule has 3 aliphatic rings. The third-order valence-corrected chi connectivity index (χ3v) is 11.5. The van der Waals surface area contributed by atoms with Crippen LogP contribution in [0, 0.1) is 5.41 Å². The number of likely N-dealkylation sites (tertiary alicyclic amines) is 1. The third-order valence-electron chi connectivity index (χ3n) is 11.5. The number of aromatic nitrogens is 7. The van der Waals surface area contributed by atoms with Crippen molar-refractivity contribution in [1.29, 1.82) is 0 Å². The minimum absolute atomic E-state index is 0.0890. The predicted octanol–water partition coefficient (Wildman–Crippen LogP) is 5.68. The van der Waals surface area contributed by atoms with Crippen molar-refractivity contribution in [1.82, 2.24) is 39.8 Å². The zero-order valence-electron chi connectivity index (χ0n) is 32.2. The van der Waals surface area contributed by atoms with Gasteiger partial charge in [-0.15, -0.1) is 5.10 Å². The molecule has 0 atom stereocenters. The zero-order chi connectivity index (χ0) is 38.8. The van der Waals surface area contributed by atoms with E-state index in [0.717, 1.165) is 58.9 Å². The average molecular weight is 767 g/mol. The molecule has 1 amide bonds. The van der Waals surface area contributed by atoms with E-state index in [2.05, 4.69) is 44.4 Å². The number of morpholine rings is 1. The van der Waals surface area contributed by atoms with Gasteiger partial charge in [0.1, 0.15) is 0 Å². The van der Waals surface area contributed by atoms with E-state index in [1.807, 2.05) is 60.4 Å². The largest absolute Gasteiger partial charge is 0.466 e. The van der Waals surface area contributed by atoms with Crippen LogP contribution in [-0.2, 0) is 20.7 Å².